The van der Waals surface area contributed by atoms with Gasteiger partial charge in [0, 0.05) is 25.5 Å². The summed E-state index contributed by atoms with van der Waals surface area (Å²) in [5.74, 6) is -1.11. The Morgan fingerprint density at radius 2 is 2.20 bits per heavy atom. The van der Waals surface area contributed by atoms with Gasteiger partial charge < -0.3 is 20.3 Å². The molecule has 0 radical (unpaired) electrons. The van der Waals surface area contributed by atoms with Crippen molar-refractivity contribution in [2.24, 2.45) is 5.92 Å². The van der Waals surface area contributed by atoms with Crippen molar-refractivity contribution < 1.29 is 14.7 Å². The van der Waals surface area contributed by atoms with Gasteiger partial charge in [-0.1, -0.05) is 20.3 Å². The fourth-order valence-electron chi connectivity index (χ4n) is 1.76. The predicted molar refractivity (Wildman–Crippen MR) is 74.3 cm³/mol. The number of hydrogen-bond acceptors (Lipinski definition) is 3. The van der Waals surface area contributed by atoms with Crippen molar-refractivity contribution in [2.75, 3.05) is 6.54 Å². The standard InChI is InChI=1S/C13H22N4O3/c1-3-10(2)11(12(18)19)16-13(20)15-5-4-7-17-8-6-14-9-17/h6,8-11H,3-5,7H2,1-2H3,(H,18,19)(H2,15,16,20)/t10-,11-/m0/s1. The molecule has 3 N–H and O–H groups in total. The van der Waals surface area contributed by atoms with Gasteiger partial charge in [0.2, 0.25) is 0 Å². The van der Waals surface area contributed by atoms with Crippen molar-refractivity contribution in [1.29, 1.82) is 0 Å². The number of nitrogens with one attached hydrogen (secondary N) is 2. The summed E-state index contributed by atoms with van der Waals surface area (Å²) >= 11 is 0. The van der Waals surface area contributed by atoms with Gasteiger partial charge in [0.25, 0.3) is 0 Å². The molecule has 7 nitrogen and oxygen atoms in total. The van der Waals surface area contributed by atoms with E-state index in [0.717, 1.165) is 13.0 Å². The van der Waals surface area contributed by atoms with Gasteiger partial charge in [-0.15, -0.1) is 0 Å². The Bertz CT molecular complexity index is 419. The number of carbonyl (C=O) groups is 2. The molecule has 0 aromatic carbocycles. The monoisotopic (exact) mass is 282 g/mol. The number of amides is 2. The second-order valence-corrected chi connectivity index (χ2v) is 4.76. The summed E-state index contributed by atoms with van der Waals surface area (Å²) in [6.45, 7) is 4.94. The predicted octanol–water partition coefficient (Wildman–Crippen LogP) is 1.07. The molecule has 0 bridgehead atoms. The van der Waals surface area contributed by atoms with Gasteiger partial charge >= 0.3 is 12.0 Å². The van der Waals surface area contributed by atoms with Crippen LogP contribution in [0.25, 0.3) is 0 Å². The number of aliphatic carboxylic acids is 1. The molecular weight excluding hydrogens is 260 g/mol. The van der Waals surface area contributed by atoms with Crippen LogP contribution in [-0.2, 0) is 11.3 Å². The number of aryl methyl sites for hydroxylation is 1. The minimum atomic E-state index is -1.01. The molecule has 20 heavy (non-hydrogen) atoms. The molecule has 0 aliphatic carbocycles. The van der Waals surface area contributed by atoms with Crippen LogP contribution < -0.4 is 10.6 Å². The number of carboxylic acids is 1. The molecule has 2 amide bonds. The van der Waals surface area contributed by atoms with E-state index >= 15 is 0 Å². The van der Waals surface area contributed by atoms with Crippen LogP contribution in [-0.4, -0.2) is 39.2 Å². The molecule has 1 aromatic heterocycles. The number of aromatic nitrogens is 2. The van der Waals surface area contributed by atoms with Crippen LogP contribution in [0.1, 0.15) is 26.7 Å². The van der Waals surface area contributed by atoms with E-state index in [1.165, 1.54) is 0 Å². The Balaban J connectivity index is 2.26. The van der Waals surface area contributed by atoms with Crippen LogP contribution in [0.15, 0.2) is 18.7 Å². The molecule has 0 saturated carbocycles. The van der Waals surface area contributed by atoms with E-state index in [0.29, 0.717) is 13.0 Å². The van der Waals surface area contributed by atoms with Crippen LogP contribution in [0.2, 0.25) is 0 Å². The fourth-order valence-corrected chi connectivity index (χ4v) is 1.76. The maximum absolute atomic E-state index is 11.6. The van der Waals surface area contributed by atoms with Crippen molar-refractivity contribution in [2.45, 2.75) is 39.3 Å². The third-order valence-electron chi connectivity index (χ3n) is 3.20. The summed E-state index contributed by atoms with van der Waals surface area (Å²) in [6, 6.07) is -1.29. The smallest absolute Gasteiger partial charge is 0.326 e. The summed E-state index contributed by atoms with van der Waals surface area (Å²) in [5, 5.41) is 14.2. The van der Waals surface area contributed by atoms with E-state index in [4.69, 9.17) is 5.11 Å². The summed E-state index contributed by atoms with van der Waals surface area (Å²) in [6.07, 6.45) is 6.71. The first-order valence-electron chi connectivity index (χ1n) is 6.77. The molecule has 0 spiro atoms. The first kappa shape index (κ1) is 16.0. The number of urea groups is 1. The highest BCUT2D eigenvalue weighted by molar-refractivity contribution is 5.82. The quantitative estimate of drug-likeness (QED) is 0.621. The van der Waals surface area contributed by atoms with Crippen molar-refractivity contribution in [3.8, 4) is 0 Å². The maximum Gasteiger partial charge on any atom is 0.326 e. The van der Waals surface area contributed by atoms with Crippen molar-refractivity contribution >= 4 is 12.0 Å². The molecule has 0 aliphatic heterocycles. The van der Waals surface area contributed by atoms with Gasteiger partial charge in [-0.2, -0.15) is 0 Å². The van der Waals surface area contributed by atoms with E-state index in [9.17, 15) is 9.59 Å². The first-order valence-corrected chi connectivity index (χ1v) is 6.77. The van der Waals surface area contributed by atoms with E-state index in [1.54, 1.807) is 19.4 Å². The average Bonchev–Trinajstić information content (AvgIpc) is 2.93. The van der Waals surface area contributed by atoms with Crippen LogP contribution in [0.4, 0.5) is 4.79 Å². The van der Waals surface area contributed by atoms with E-state index < -0.39 is 18.0 Å². The molecule has 0 fully saturated rings. The number of rotatable bonds is 8. The average molecular weight is 282 g/mol. The van der Waals surface area contributed by atoms with Gasteiger partial charge in [-0.05, 0) is 12.3 Å². The summed E-state index contributed by atoms with van der Waals surface area (Å²) in [7, 11) is 0. The topological polar surface area (TPSA) is 96.3 Å². The van der Waals surface area contributed by atoms with Crippen LogP contribution in [0, 0.1) is 5.92 Å². The Hall–Kier alpha value is -2.05. The number of hydrogen-bond donors (Lipinski definition) is 3. The number of carboxylic acid groups (broad SMARTS) is 1. The van der Waals surface area contributed by atoms with Crippen molar-refractivity contribution in [3.05, 3.63) is 18.7 Å². The Labute approximate surface area is 118 Å². The highest BCUT2D eigenvalue weighted by atomic mass is 16.4. The summed E-state index contributed by atoms with van der Waals surface area (Å²) in [5.41, 5.74) is 0. The third-order valence-corrected chi connectivity index (χ3v) is 3.20. The normalized spacial score (nSPS) is 13.5. The lowest BCUT2D eigenvalue weighted by Crippen LogP contribution is -2.49. The van der Waals surface area contributed by atoms with Gasteiger partial charge in [0.15, 0.2) is 0 Å². The van der Waals surface area contributed by atoms with Crippen LogP contribution in [0.3, 0.4) is 0 Å². The van der Waals surface area contributed by atoms with Gasteiger partial charge in [-0.3, -0.25) is 0 Å². The van der Waals surface area contributed by atoms with Crippen molar-refractivity contribution in [1.82, 2.24) is 20.2 Å². The Kier molecular flexibility index (Phi) is 6.55. The van der Waals surface area contributed by atoms with Crippen LogP contribution in [0.5, 0.6) is 0 Å². The molecule has 7 heteroatoms. The second kappa shape index (κ2) is 8.19. The lowest BCUT2D eigenvalue weighted by molar-refractivity contribution is -0.140. The minimum Gasteiger partial charge on any atom is -0.480 e. The zero-order valence-corrected chi connectivity index (χ0v) is 11.9. The molecule has 1 aromatic rings. The molecule has 0 saturated heterocycles. The number of nitrogens with zero attached hydrogens (tertiary/aromatic N) is 2. The maximum atomic E-state index is 11.6. The SMILES string of the molecule is CC[C@H](C)[C@H](NC(=O)NCCCn1ccnc1)C(=O)O. The molecule has 1 rings (SSSR count). The lowest BCUT2D eigenvalue weighted by Gasteiger charge is -2.20. The Morgan fingerprint density at radius 1 is 1.45 bits per heavy atom. The summed E-state index contributed by atoms with van der Waals surface area (Å²) in [4.78, 5) is 26.6. The van der Waals surface area contributed by atoms with E-state index in [2.05, 4.69) is 15.6 Å². The fraction of sp³-hybridized carbons (Fsp3) is 0.615. The molecule has 0 aliphatic rings. The zero-order valence-electron chi connectivity index (χ0n) is 11.9. The Morgan fingerprint density at radius 3 is 2.75 bits per heavy atom. The third kappa shape index (κ3) is 5.29. The number of carbonyl (C=O) groups excluding carboxylic acids is 1. The van der Waals surface area contributed by atoms with Crippen LogP contribution >= 0.6 is 0 Å². The van der Waals surface area contributed by atoms with Gasteiger partial charge in [-0.25, -0.2) is 14.6 Å². The van der Waals surface area contributed by atoms with Crippen molar-refractivity contribution in [3.63, 3.8) is 0 Å². The lowest BCUT2D eigenvalue weighted by atomic mass is 9.99. The largest absolute Gasteiger partial charge is 0.480 e. The highest BCUT2D eigenvalue weighted by Gasteiger charge is 2.24. The minimum absolute atomic E-state index is 0.107. The first-order chi connectivity index (χ1) is 9.54. The van der Waals surface area contributed by atoms with E-state index in [-0.39, 0.29) is 5.92 Å². The highest BCUT2D eigenvalue weighted by Crippen LogP contribution is 2.07. The number of imidazole rings is 1. The molecular formula is C13H22N4O3. The zero-order chi connectivity index (χ0) is 15.0. The summed E-state index contributed by atoms with van der Waals surface area (Å²) < 4.78 is 1.92. The molecule has 2 atom stereocenters. The second-order valence-electron chi connectivity index (χ2n) is 4.76. The van der Waals surface area contributed by atoms with E-state index in [1.807, 2.05) is 17.7 Å². The van der Waals surface area contributed by atoms with Gasteiger partial charge in [0.1, 0.15) is 6.04 Å². The molecule has 1 heterocycles. The molecule has 0 unspecified atom stereocenters. The van der Waals surface area contributed by atoms with Gasteiger partial charge in [0.05, 0.1) is 6.33 Å². The molecule has 112 valence electrons.